The highest BCUT2D eigenvalue weighted by molar-refractivity contribution is 5.96. The number of aliphatic carboxylic acids is 1. The molecular weight excluding hydrogens is 618 g/mol. The van der Waals surface area contributed by atoms with Gasteiger partial charge in [-0.3, -0.25) is 9.59 Å². The van der Waals surface area contributed by atoms with E-state index in [0.717, 1.165) is 64.4 Å². The standard InChI is InChI=1S/C34H57N7O7/c1-5-6-18-47-25-16-14-22(15-17-25)28-37-39-41(38-28)24-19-27-29(42)36-34(31(44)45)20-23(34)12-10-8-7-9-11-13-26(30(43)40(27)21-24)35-32(46)48-33(2,3)4/h10,12,22-28,37-39H,5-9,11,13-21H2,1-4H3,(H,35,46)(H,36,42)(H,44,45)/b12-10-/t22?,23-,24-,25?,26+,27+,28?,34-/m1/s1. The van der Waals surface area contributed by atoms with Gasteiger partial charge in [0, 0.05) is 19.1 Å². The van der Waals surface area contributed by atoms with E-state index in [0.29, 0.717) is 31.3 Å². The zero-order valence-electron chi connectivity index (χ0n) is 29.1. The highest BCUT2D eigenvalue weighted by Crippen LogP contribution is 2.45. The molecule has 5 rings (SSSR count). The van der Waals surface area contributed by atoms with Crippen LogP contribution in [0.1, 0.15) is 111 Å². The number of carbonyl (C=O) groups excluding carboxylic acids is 3. The first-order valence-corrected chi connectivity index (χ1v) is 18.1. The van der Waals surface area contributed by atoms with Gasteiger partial charge in [0.2, 0.25) is 11.8 Å². The van der Waals surface area contributed by atoms with Crippen molar-refractivity contribution in [1.29, 1.82) is 0 Å². The van der Waals surface area contributed by atoms with Gasteiger partial charge in [-0.05, 0) is 90.9 Å². The minimum Gasteiger partial charge on any atom is -0.479 e. The van der Waals surface area contributed by atoms with Gasteiger partial charge in [-0.25, -0.2) is 20.4 Å². The molecule has 48 heavy (non-hydrogen) atoms. The summed E-state index contributed by atoms with van der Waals surface area (Å²) in [5.74, 6) is -1.88. The topological polar surface area (TPSA) is 174 Å². The number of amides is 3. The molecule has 6 atom stereocenters. The van der Waals surface area contributed by atoms with Gasteiger partial charge in [0.1, 0.15) is 23.2 Å². The summed E-state index contributed by atoms with van der Waals surface area (Å²) in [6.07, 6.45) is 13.9. The van der Waals surface area contributed by atoms with Crippen LogP contribution in [0.2, 0.25) is 0 Å². The van der Waals surface area contributed by atoms with Crippen LogP contribution in [-0.2, 0) is 23.9 Å². The Balaban J connectivity index is 1.30. The fourth-order valence-electron chi connectivity index (χ4n) is 7.47. The van der Waals surface area contributed by atoms with Crippen molar-refractivity contribution in [2.75, 3.05) is 13.2 Å². The average molecular weight is 676 g/mol. The third-order valence-electron chi connectivity index (χ3n) is 10.4. The van der Waals surface area contributed by atoms with E-state index in [1.54, 1.807) is 20.8 Å². The number of alkyl carbamates (subject to hydrolysis) is 1. The van der Waals surface area contributed by atoms with Crippen molar-refractivity contribution in [3.63, 3.8) is 0 Å². The molecule has 4 fully saturated rings. The maximum absolute atomic E-state index is 14.3. The van der Waals surface area contributed by atoms with Crippen LogP contribution in [0.25, 0.3) is 0 Å². The Morgan fingerprint density at radius 2 is 1.88 bits per heavy atom. The second-order valence-electron chi connectivity index (χ2n) is 15.2. The Morgan fingerprint density at radius 1 is 1.10 bits per heavy atom. The van der Waals surface area contributed by atoms with Crippen LogP contribution < -0.4 is 27.0 Å². The molecule has 2 saturated carbocycles. The van der Waals surface area contributed by atoms with Crippen LogP contribution in [0.3, 0.4) is 0 Å². The van der Waals surface area contributed by atoms with Crippen molar-refractivity contribution >= 4 is 23.9 Å². The number of rotatable bonds is 8. The minimum atomic E-state index is -1.38. The lowest BCUT2D eigenvalue weighted by molar-refractivity contribution is -0.145. The van der Waals surface area contributed by atoms with Gasteiger partial charge in [-0.2, -0.15) is 10.7 Å². The second-order valence-corrected chi connectivity index (χ2v) is 15.2. The second kappa shape index (κ2) is 15.8. The Morgan fingerprint density at radius 3 is 2.58 bits per heavy atom. The number of nitrogens with zero attached hydrogens (tertiary/aromatic N) is 2. The number of unbranched alkanes of at least 4 members (excludes halogenated alkanes) is 1. The lowest BCUT2D eigenvalue weighted by Crippen LogP contribution is -2.56. The molecule has 5 aliphatic rings. The monoisotopic (exact) mass is 675 g/mol. The molecule has 6 N–H and O–H groups in total. The Hall–Kier alpha value is -2.78. The smallest absolute Gasteiger partial charge is 0.408 e. The molecule has 14 heteroatoms. The third kappa shape index (κ3) is 9.06. The molecule has 0 radical (unpaired) electrons. The highest BCUT2D eigenvalue weighted by Gasteiger charge is 2.61. The fourth-order valence-corrected chi connectivity index (χ4v) is 7.47. The molecule has 270 valence electrons. The van der Waals surface area contributed by atoms with Crippen molar-refractivity contribution in [2.45, 2.75) is 153 Å². The van der Waals surface area contributed by atoms with Gasteiger partial charge in [0.15, 0.2) is 0 Å². The molecule has 0 spiro atoms. The summed E-state index contributed by atoms with van der Waals surface area (Å²) in [4.78, 5) is 55.0. The van der Waals surface area contributed by atoms with Crippen LogP contribution in [0.15, 0.2) is 12.2 Å². The van der Waals surface area contributed by atoms with Gasteiger partial charge < -0.3 is 30.1 Å². The predicted molar refractivity (Wildman–Crippen MR) is 178 cm³/mol. The number of carboxylic acids is 1. The van der Waals surface area contributed by atoms with Crippen molar-refractivity contribution < 1.29 is 33.8 Å². The van der Waals surface area contributed by atoms with Gasteiger partial charge in [-0.1, -0.05) is 38.3 Å². The normalized spacial score (nSPS) is 35.8. The first-order valence-electron chi connectivity index (χ1n) is 18.1. The number of carbonyl (C=O) groups is 4. The molecule has 2 aliphatic carbocycles. The molecule has 1 unspecified atom stereocenters. The summed E-state index contributed by atoms with van der Waals surface area (Å²) in [6.45, 7) is 8.47. The van der Waals surface area contributed by atoms with Crippen LogP contribution >= 0.6 is 0 Å². The van der Waals surface area contributed by atoms with Crippen LogP contribution in [-0.4, -0.2) is 93.7 Å². The summed E-state index contributed by atoms with van der Waals surface area (Å²) < 4.78 is 11.5. The molecule has 3 aliphatic heterocycles. The summed E-state index contributed by atoms with van der Waals surface area (Å²) in [5.41, 5.74) is 7.98. The number of allylic oxidation sites excluding steroid dienone is 1. The molecule has 0 bridgehead atoms. The van der Waals surface area contributed by atoms with Crippen molar-refractivity contribution in [1.82, 2.24) is 37.0 Å². The van der Waals surface area contributed by atoms with Crippen LogP contribution in [0, 0.1) is 11.8 Å². The van der Waals surface area contributed by atoms with E-state index >= 15 is 0 Å². The van der Waals surface area contributed by atoms with Crippen LogP contribution in [0.4, 0.5) is 4.79 Å². The number of hydrazine groups is 3. The van der Waals surface area contributed by atoms with Gasteiger partial charge in [-0.15, -0.1) is 0 Å². The van der Waals surface area contributed by atoms with E-state index < -0.39 is 41.2 Å². The average Bonchev–Trinajstić information content (AvgIpc) is 3.34. The predicted octanol–water partition coefficient (Wildman–Crippen LogP) is 2.86. The summed E-state index contributed by atoms with van der Waals surface area (Å²) in [7, 11) is 0. The Bertz CT molecular complexity index is 1190. The maximum Gasteiger partial charge on any atom is 0.408 e. The van der Waals surface area contributed by atoms with Crippen molar-refractivity contribution in [3.8, 4) is 0 Å². The third-order valence-corrected chi connectivity index (χ3v) is 10.4. The molecule has 14 nitrogen and oxygen atoms in total. The summed E-state index contributed by atoms with van der Waals surface area (Å²) >= 11 is 0. The fraction of sp³-hybridized carbons (Fsp3) is 0.824. The van der Waals surface area contributed by atoms with E-state index in [9.17, 15) is 24.3 Å². The molecular formula is C34H57N7O7. The molecule has 2 saturated heterocycles. The SMILES string of the molecule is CCCCOC1CCC(C2NNN([C@@H]3C[C@H]4C(=O)N[C@]5(C(=O)O)C[C@H]5/C=C\CCCCC[C@H](NC(=O)OC(C)(C)C)C(=O)N4C3)N2)CC1. The number of fused-ring (bicyclic) bond motifs is 2. The van der Waals surface area contributed by atoms with Crippen LogP contribution in [0.5, 0.6) is 0 Å². The van der Waals surface area contributed by atoms with E-state index in [4.69, 9.17) is 9.47 Å². The van der Waals surface area contributed by atoms with Crippen molar-refractivity contribution in [3.05, 3.63) is 12.2 Å². The number of nitrogens with one attached hydrogen (secondary N) is 5. The van der Waals surface area contributed by atoms with E-state index in [1.807, 2.05) is 17.3 Å². The molecule has 0 aromatic carbocycles. The van der Waals surface area contributed by atoms with E-state index in [-0.39, 0.29) is 37.0 Å². The molecule has 0 aromatic rings. The number of carboxylic acid groups (broad SMARTS) is 1. The van der Waals surface area contributed by atoms with Gasteiger partial charge in [0.25, 0.3) is 0 Å². The lowest BCUT2D eigenvalue weighted by Gasteiger charge is -2.32. The summed E-state index contributed by atoms with van der Waals surface area (Å²) in [6, 6.07) is -2.11. The minimum absolute atomic E-state index is 0.0277. The lowest BCUT2D eigenvalue weighted by atomic mass is 9.85. The zero-order chi connectivity index (χ0) is 34.5. The van der Waals surface area contributed by atoms with E-state index in [2.05, 4.69) is 33.9 Å². The Kier molecular flexibility index (Phi) is 12.0. The van der Waals surface area contributed by atoms with E-state index in [1.165, 1.54) is 4.90 Å². The molecule has 3 amide bonds. The number of ether oxygens (including phenoxy) is 2. The molecule has 3 heterocycles. The maximum atomic E-state index is 14.3. The first kappa shape index (κ1) is 36.5. The zero-order valence-corrected chi connectivity index (χ0v) is 29.1. The number of hydrogen-bond acceptors (Lipinski definition) is 10. The highest BCUT2D eigenvalue weighted by atomic mass is 16.6. The first-order chi connectivity index (χ1) is 22.9. The summed E-state index contributed by atoms with van der Waals surface area (Å²) in [5, 5.41) is 17.6. The van der Waals surface area contributed by atoms with Gasteiger partial charge >= 0.3 is 12.1 Å². The Labute approximate surface area is 284 Å². The molecule has 0 aromatic heterocycles. The quantitative estimate of drug-likeness (QED) is 0.165. The number of hydrogen-bond donors (Lipinski definition) is 6. The largest absolute Gasteiger partial charge is 0.479 e. The van der Waals surface area contributed by atoms with Crippen molar-refractivity contribution in [2.24, 2.45) is 11.8 Å². The van der Waals surface area contributed by atoms with Gasteiger partial charge in [0.05, 0.1) is 18.3 Å².